The van der Waals surface area contributed by atoms with Crippen molar-refractivity contribution in [3.63, 3.8) is 0 Å². The van der Waals surface area contributed by atoms with Crippen molar-refractivity contribution in [3.05, 3.63) is 29.6 Å². The SMILES string of the molecule is Cl.c1cc(N2CCNCC2)c2sccc2c1. The highest BCUT2D eigenvalue weighted by atomic mass is 35.5. The van der Waals surface area contributed by atoms with Crippen LogP contribution in [0.25, 0.3) is 10.1 Å². The van der Waals surface area contributed by atoms with Gasteiger partial charge < -0.3 is 10.2 Å². The zero-order chi connectivity index (χ0) is 10.1. The van der Waals surface area contributed by atoms with E-state index in [9.17, 15) is 0 Å². The summed E-state index contributed by atoms with van der Waals surface area (Å²) >= 11 is 1.85. The maximum absolute atomic E-state index is 3.39. The molecule has 16 heavy (non-hydrogen) atoms. The van der Waals surface area contributed by atoms with Crippen molar-refractivity contribution in [3.8, 4) is 0 Å². The van der Waals surface area contributed by atoms with E-state index in [1.807, 2.05) is 11.3 Å². The number of fused-ring (bicyclic) bond motifs is 1. The summed E-state index contributed by atoms with van der Waals surface area (Å²) in [6.45, 7) is 4.44. The third kappa shape index (κ3) is 2.03. The van der Waals surface area contributed by atoms with Crippen LogP contribution in [0.2, 0.25) is 0 Å². The Hall–Kier alpha value is -0.770. The predicted octanol–water partition coefficient (Wildman–Crippen LogP) is 2.73. The van der Waals surface area contributed by atoms with E-state index in [1.165, 1.54) is 15.8 Å². The van der Waals surface area contributed by atoms with Gasteiger partial charge in [0.05, 0.1) is 10.4 Å². The van der Waals surface area contributed by atoms with Crippen molar-refractivity contribution in [2.45, 2.75) is 0 Å². The van der Waals surface area contributed by atoms with Crippen molar-refractivity contribution >= 4 is 39.5 Å². The first kappa shape index (κ1) is 11.7. The summed E-state index contributed by atoms with van der Waals surface area (Å²) in [6.07, 6.45) is 0. The minimum atomic E-state index is 0. The summed E-state index contributed by atoms with van der Waals surface area (Å²) < 4.78 is 1.43. The van der Waals surface area contributed by atoms with Crippen LogP contribution in [0.5, 0.6) is 0 Å². The third-order valence-electron chi connectivity index (χ3n) is 2.92. The lowest BCUT2D eigenvalue weighted by Crippen LogP contribution is -2.43. The fourth-order valence-corrected chi connectivity index (χ4v) is 3.07. The van der Waals surface area contributed by atoms with Crippen molar-refractivity contribution < 1.29 is 0 Å². The number of benzene rings is 1. The number of halogens is 1. The molecule has 1 fully saturated rings. The Morgan fingerprint density at radius 2 is 1.94 bits per heavy atom. The van der Waals surface area contributed by atoms with E-state index in [1.54, 1.807) is 0 Å². The normalized spacial score (nSPS) is 16.1. The molecule has 1 N–H and O–H groups in total. The lowest BCUT2D eigenvalue weighted by molar-refractivity contribution is 0.590. The first-order valence-corrected chi connectivity index (χ1v) is 6.25. The molecule has 1 aliphatic rings. The summed E-state index contributed by atoms with van der Waals surface area (Å²) in [6, 6.07) is 8.79. The predicted molar refractivity (Wildman–Crippen MR) is 74.2 cm³/mol. The highest BCUT2D eigenvalue weighted by Crippen LogP contribution is 2.31. The molecule has 3 rings (SSSR count). The molecule has 1 aromatic carbocycles. The zero-order valence-electron chi connectivity index (χ0n) is 8.98. The smallest absolute Gasteiger partial charge is 0.0576 e. The fraction of sp³-hybridized carbons (Fsp3) is 0.333. The maximum Gasteiger partial charge on any atom is 0.0576 e. The number of anilines is 1. The molecule has 2 nitrogen and oxygen atoms in total. The van der Waals surface area contributed by atoms with E-state index in [0.717, 1.165) is 26.2 Å². The Bertz CT molecular complexity index is 463. The Morgan fingerprint density at radius 1 is 1.12 bits per heavy atom. The minimum absolute atomic E-state index is 0. The molecule has 2 aromatic rings. The quantitative estimate of drug-likeness (QED) is 0.842. The van der Waals surface area contributed by atoms with E-state index in [2.05, 4.69) is 39.9 Å². The second-order valence-electron chi connectivity index (χ2n) is 3.85. The second kappa shape index (κ2) is 5.04. The number of nitrogens with zero attached hydrogens (tertiary/aromatic N) is 1. The molecular weight excluding hydrogens is 240 g/mol. The molecule has 4 heteroatoms. The molecule has 86 valence electrons. The van der Waals surface area contributed by atoms with E-state index in [-0.39, 0.29) is 12.4 Å². The van der Waals surface area contributed by atoms with Gasteiger partial charge in [-0.25, -0.2) is 0 Å². The molecule has 0 spiro atoms. The van der Waals surface area contributed by atoms with Crippen molar-refractivity contribution in [2.24, 2.45) is 0 Å². The number of rotatable bonds is 1. The van der Waals surface area contributed by atoms with Gasteiger partial charge in [0.25, 0.3) is 0 Å². The Kier molecular flexibility index (Phi) is 3.69. The third-order valence-corrected chi connectivity index (χ3v) is 3.87. The summed E-state index contributed by atoms with van der Waals surface area (Å²) in [7, 11) is 0. The standard InChI is InChI=1S/C12H14N2S.ClH/c1-2-10-4-9-15-12(10)11(3-1)14-7-5-13-6-8-14;/h1-4,9,13H,5-8H2;1H. The van der Waals surface area contributed by atoms with Crippen LogP contribution in [0, 0.1) is 0 Å². The molecule has 0 amide bonds. The molecule has 0 aliphatic carbocycles. The minimum Gasteiger partial charge on any atom is -0.368 e. The molecule has 0 saturated carbocycles. The summed E-state index contributed by atoms with van der Waals surface area (Å²) in [5.74, 6) is 0. The Morgan fingerprint density at radius 3 is 2.75 bits per heavy atom. The topological polar surface area (TPSA) is 15.3 Å². The summed E-state index contributed by atoms with van der Waals surface area (Å²) in [5, 5.41) is 6.94. The molecular formula is C12H15ClN2S. The van der Waals surface area contributed by atoms with E-state index >= 15 is 0 Å². The number of hydrogen-bond donors (Lipinski definition) is 1. The van der Waals surface area contributed by atoms with Crippen LogP contribution in [-0.2, 0) is 0 Å². The van der Waals surface area contributed by atoms with Gasteiger partial charge in [0.2, 0.25) is 0 Å². The van der Waals surface area contributed by atoms with Crippen LogP contribution < -0.4 is 10.2 Å². The average molecular weight is 255 g/mol. The Labute approximate surface area is 106 Å². The molecule has 0 unspecified atom stereocenters. The van der Waals surface area contributed by atoms with Crippen LogP contribution >= 0.6 is 23.7 Å². The fourth-order valence-electron chi connectivity index (χ4n) is 2.13. The largest absolute Gasteiger partial charge is 0.368 e. The highest BCUT2D eigenvalue weighted by Gasteiger charge is 2.13. The molecule has 1 saturated heterocycles. The van der Waals surface area contributed by atoms with Gasteiger partial charge >= 0.3 is 0 Å². The van der Waals surface area contributed by atoms with Crippen LogP contribution in [0.3, 0.4) is 0 Å². The monoisotopic (exact) mass is 254 g/mol. The van der Waals surface area contributed by atoms with Gasteiger partial charge in [0.1, 0.15) is 0 Å². The number of hydrogen-bond acceptors (Lipinski definition) is 3. The molecule has 1 aromatic heterocycles. The molecule has 0 bridgehead atoms. The maximum atomic E-state index is 3.39. The van der Waals surface area contributed by atoms with Crippen LogP contribution in [0.4, 0.5) is 5.69 Å². The van der Waals surface area contributed by atoms with E-state index in [4.69, 9.17) is 0 Å². The van der Waals surface area contributed by atoms with E-state index in [0.29, 0.717) is 0 Å². The zero-order valence-corrected chi connectivity index (χ0v) is 10.6. The van der Waals surface area contributed by atoms with Crippen LogP contribution in [0.1, 0.15) is 0 Å². The number of piperazine rings is 1. The summed E-state index contributed by atoms with van der Waals surface area (Å²) in [5.41, 5.74) is 1.41. The Balaban J connectivity index is 0.000000963. The summed E-state index contributed by atoms with van der Waals surface area (Å²) in [4.78, 5) is 2.48. The van der Waals surface area contributed by atoms with Gasteiger partial charge in [-0.1, -0.05) is 12.1 Å². The van der Waals surface area contributed by atoms with E-state index < -0.39 is 0 Å². The van der Waals surface area contributed by atoms with Crippen molar-refractivity contribution in [1.82, 2.24) is 5.32 Å². The lowest BCUT2D eigenvalue weighted by atomic mass is 10.2. The number of nitrogens with one attached hydrogen (secondary N) is 1. The van der Waals surface area contributed by atoms with Crippen molar-refractivity contribution in [1.29, 1.82) is 0 Å². The van der Waals surface area contributed by atoms with Gasteiger partial charge in [0.15, 0.2) is 0 Å². The van der Waals surface area contributed by atoms with Crippen molar-refractivity contribution in [2.75, 3.05) is 31.1 Å². The van der Waals surface area contributed by atoms with Gasteiger partial charge in [-0.05, 0) is 22.9 Å². The van der Waals surface area contributed by atoms with Crippen LogP contribution in [-0.4, -0.2) is 26.2 Å². The van der Waals surface area contributed by atoms with Crippen LogP contribution in [0.15, 0.2) is 29.6 Å². The second-order valence-corrected chi connectivity index (χ2v) is 4.77. The van der Waals surface area contributed by atoms with Gasteiger partial charge in [-0.3, -0.25) is 0 Å². The highest BCUT2D eigenvalue weighted by molar-refractivity contribution is 7.17. The van der Waals surface area contributed by atoms with Gasteiger partial charge in [-0.15, -0.1) is 23.7 Å². The molecule has 0 radical (unpaired) electrons. The van der Waals surface area contributed by atoms with Gasteiger partial charge in [0, 0.05) is 26.2 Å². The first-order valence-electron chi connectivity index (χ1n) is 5.37. The average Bonchev–Trinajstić information content (AvgIpc) is 2.78. The molecule has 1 aliphatic heterocycles. The number of thiophene rings is 1. The lowest BCUT2D eigenvalue weighted by Gasteiger charge is -2.29. The van der Waals surface area contributed by atoms with Gasteiger partial charge in [-0.2, -0.15) is 0 Å². The molecule has 2 heterocycles. The molecule has 0 atom stereocenters. The first-order chi connectivity index (χ1) is 7.45.